The minimum atomic E-state index is -1.65. The third-order valence-corrected chi connectivity index (χ3v) is 6.54. The van der Waals surface area contributed by atoms with E-state index in [0.29, 0.717) is 17.7 Å². The molecule has 1 aliphatic rings. The van der Waals surface area contributed by atoms with Crippen molar-refractivity contribution in [2.75, 3.05) is 19.0 Å². The molecule has 0 aliphatic carbocycles. The molecule has 0 saturated carbocycles. The van der Waals surface area contributed by atoms with Gasteiger partial charge in [0.15, 0.2) is 0 Å². The zero-order chi connectivity index (χ0) is 26.4. The first-order chi connectivity index (χ1) is 17.2. The van der Waals surface area contributed by atoms with Gasteiger partial charge in [0.1, 0.15) is 31.0 Å². The minimum Gasteiger partial charge on any atom is -0.443 e. The van der Waals surface area contributed by atoms with Gasteiger partial charge in [0, 0.05) is 23.8 Å². The van der Waals surface area contributed by atoms with Gasteiger partial charge in [-0.25, -0.2) is 9.48 Å². The van der Waals surface area contributed by atoms with Crippen molar-refractivity contribution in [2.24, 2.45) is 0 Å². The molecule has 11 nitrogen and oxygen atoms in total. The fraction of sp³-hybridized carbons (Fsp3) is 0.542. The molecule has 0 amide bonds. The van der Waals surface area contributed by atoms with Crippen molar-refractivity contribution in [1.29, 1.82) is 0 Å². The van der Waals surface area contributed by atoms with Gasteiger partial charge >= 0.3 is 6.16 Å². The molecule has 0 unspecified atom stereocenters. The Morgan fingerprint density at radius 1 is 1.08 bits per heavy atom. The van der Waals surface area contributed by atoms with Gasteiger partial charge in [0.2, 0.25) is 18.1 Å². The van der Waals surface area contributed by atoms with Gasteiger partial charge in [0.25, 0.3) is 0 Å². The minimum absolute atomic E-state index is 0.0346. The molecule has 12 heteroatoms. The first-order valence-corrected chi connectivity index (χ1v) is 12.6. The summed E-state index contributed by atoms with van der Waals surface area (Å²) in [6.07, 6.45) is -8.09. The van der Waals surface area contributed by atoms with Crippen LogP contribution in [0.5, 0.6) is 5.88 Å². The van der Waals surface area contributed by atoms with Gasteiger partial charge in [-0.3, -0.25) is 4.79 Å². The number of hydrogen-bond donors (Lipinski definition) is 3. The molecular weight excluding hydrogens is 492 g/mol. The van der Waals surface area contributed by atoms with E-state index in [-0.39, 0.29) is 18.4 Å². The second-order valence-electron chi connectivity index (χ2n) is 8.18. The molecule has 3 rings (SSSR count). The second kappa shape index (κ2) is 12.5. The van der Waals surface area contributed by atoms with Crippen LogP contribution in [-0.4, -0.2) is 86.8 Å². The Bertz CT molecular complexity index is 1040. The summed E-state index contributed by atoms with van der Waals surface area (Å²) in [5.74, 6) is 0.657. The molecule has 198 valence electrons. The Hall–Kier alpha value is -2.64. The summed E-state index contributed by atoms with van der Waals surface area (Å²) in [7, 11) is 0. The third kappa shape index (κ3) is 6.56. The molecule has 2 aromatic rings. The number of aliphatic hydroxyl groups excluding tert-OH is 3. The normalized spacial score (nSPS) is 23.8. The summed E-state index contributed by atoms with van der Waals surface area (Å²) in [6, 6.07) is 7.96. The Morgan fingerprint density at radius 3 is 2.39 bits per heavy atom. The topological polar surface area (TPSA) is 150 Å². The van der Waals surface area contributed by atoms with Crippen LogP contribution in [0.25, 0.3) is 0 Å². The maximum atomic E-state index is 12.1. The van der Waals surface area contributed by atoms with E-state index in [1.165, 1.54) is 11.6 Å². The number of ether oxygens (including phenoxy) is 4. The Kier molecular flexibility index (Phi) is 9.74. The van der Waals surface area contributed by atoms with Crippen molar-refractivity contribution in [3.05, 3.63) is 41.1 Å². The van der Waals surface area contributed by atoms with Crippen LogP contribution in [0.4, 0.5) is 4.79 Å². The molecule has 0 radical (unpaired) electrons. The molecule has 1 saturated heterocycles. The number of carbonyl (C=O) groups is 2. The molecular formula is C24H32N2O9S. The molecule has 1 aromatic heterocycles. The van der Waals surface area contributed by atoms with E-state index < -0.39 is 43.5 Å². The zero-order valence-electron chi connectivity index (χ0n) is 20.6. The molecule has 0 spiro atoms. The van der Waals surface area contributed by atoms with E-state index in [1.54, 1.807) is 25.6 Å². The Labute approximate surface area is 213 Å². The number of thioether (sulfide) groups is 1. The van der Waals surface area contributed by atoms with Crippen LogP contribution >= 0.6 is 11.8 Å². The highest BCUT2D eigenvalue weighted by Gasteiger charge is 2.46. The van der Waals surface area contributed by atoms with Gasteiger partial charge in [-0.15, -0.1) is 16.9 Å². The number of carbonyl (C=O) groups excluding carboxylic acids is 2. The number of hydrogen-bond acceptors (Lipinski definition) is 11. The van der Waals surface area contributed by atoms with Crippen molar-refractivity contribution in [2.45, 2.75) is 69.7 Å². The summed E-state index contributed by atoms with van der Waals surface area (Å²) in [5, 5.41) is 35.4. The van der Waals surface area contributed by atoms with Gasteiger partial charge in [-0.05, 0) is 37.3 Å². The average molecular weight is 525 g/mol. The molecule has 36 heavy (non-hydrogen) atoms. The maximum absolute atomic E-state index is 12.1. The van der Waals surface area contributed by atoms with E-state index in [0.717, 1.165) is 16.2 Å². The van der Waals surface area contributed by atoms with Crippen LogP contribution < -0.4 is 4.74 Å². The average Bonchev–Trinajstić information content (AvgIpc) is 3.15. The Balaban J connectivity index is 1.83. The van der Waals surface area contributed by atoms with E-state index in [2.05, 4.69) is 16.8 Å². The van der Waals surface area contributed by atoms with Crippen molar-refractivity contribution < 1.29 is 43.9 Å². The van der Waals surface area contributed by atoms with Gasteiger partial charge in [-0.2, -0.15) is 0 Å². The SMILES string of the molecule is CCOC(=O)OC[C@H]1O[C@@H](Oc2nn(C(C)=O)c(C)c2Cc2ccc(SCC)cc2)[C@H](O)[C@@H](O)[C@@H]1O. The van der Waals surface area contributed by atoms with Crippen molar-refractivity contribution in [1.82, 2.24) is 9.78 Å². The summed E-state index contributed by atoms with van der Waals surface area (Å²) in [6.45, 7) is 6.42. The predicted octanol–water partition coefficient (Wildman–Crippen LogP) is 1.91. The Morgan fingerprint density at radius 2 is 1.78 bits per heavy atom. The van der Waals surface area contributed by atoms with Gasteiger partial charge < -0.3 is 34.3 Å². The molecule has 1 aromatic carbocycles. The van der Waals surface area contributed by atoms with Crippen LogP contribution in [0.1, 0.15) is 42.4 Å². The lowest BCUT2D eigenvalue weighted by Crippen LogP contribution is -2.60. The number of aliphatic hydroxyl groups is 3. The summed E-state index contributed by atoms with van der Waals surface area (Å²) < 4.78 is 22.2. The molecule has 1 fully saturated rings. The highest BCUT2D eigenvalue weighted by atomic mass is 32.2. The first kappa shape index (κ1) is 27.9. The van der Waals surface area contributed by atoms with Crippen molar-refractivity contribution in [3.8, 4) is 5.88 Å². The lowest BCUT2D eigenvalue weighted by atomic mass is 9.99. The van der Waals surface area contributed by atoms with E-state index >= 15 is 0 Å². The highest BCUT2D eigenvalue weighted by Crippen LogP contribution is 2.30. The monoisotopic (exact) mass is 524 g/mol. The molecule has 2 heterocycles. The second-order valence-corrected chi connectivity index (χ2v) is 9.52. The van der Waals surface area contributed by atoms with Crippen LogP contribution in [-0.2, 0) is 20.6 Å². The largest absolute Gasteiger partial charge is 0.508 e. The number of rotatable bonds is 9. The number of nitrogens with zero attached hydrogens (tertiary/aromatic N) is 2. The first-order valence-electron chi connectivity index (χ1n) is 11.6. The lowest BCUT2D eigenvalue weighted by Gasteiger charge is -2.39. The summed E-state index contributed by atoms with van der Waals surface area (Å²) >= 11 is 1.72. The zero-order valence-corrected chi connectivity index (χ0v) is 21.4. The molecule has 1 aliphatic heterocycles. The van der Waals surface area contributed by atoms with Crippen LogP contribution in [0.3, 0.4) is 0 Å². The molecule has 3 N–H and O–H groups in total. The fourth-order valence-corrected chi connectivity index (χ4v) is 4.42. The van der Waals surface area contributed by atoms with Crippen molar-refractivity contribution in [3.63, 3.8) is 0 Å². The molecule has 5 atom stereocenters. The van der Waals surface area contributed by atoms with Crippen LogP contribution in [0.2, 0.25) is 0 Å². The van der Waals surface area contributed by atoms with Crippen LogP contribution in [0, 0.1) is 6.92 Å². The maximum Gasteiger partial charge on any atom is 0.508 e. The van der Waals surface area contributed by atoms with E-state index in [1.807, 2.05) is 24.3 Å². The highest BCUT2D eigenvalue weighted by molar-refractivity contribution is 7.99. The van der Waals surface area contributed by atoms with Gasteiger partial charge in [-0.1, -0.05) is 19.1 Å². The van der Waals surface area contributed by atoms with Crippen LogP contribution in [0.15, 0.2) is 29.2 Å². The third-order valence-electron chi connectivity index (χ3n) is 5.64. The lowest BCUT2D eigenvalue weighted by molar-refractivity contribution is -0.278. The number of benzene rings is 1. The fourth-order valence-electron chi connectivity index (χ4n) is 3.76. The number of aromatic nitrogens is 2. The van der Waals surface area contributed by atoms with E-state index in [4.69, 9.17) is 14.2 Å². The summed E-state index contributed by atoms with van der Waals surface area (Å²) in [5.41, 5.74) is 2.10. The van der Waals surface area contributed by atoms with E-state index in [9.17, 15) is 24.9 Å². The summed E-state index contributed by atoms with van der Waals surface area (Å²) in [4.78, 5) is 24.8. The molecule has 0 bridgehead atoms. The quantitative estimate of drug-likeness (QED) is 0.326. The smallest absolute Gasteiger partial charge is 0.443 e. The standard InChI is InChI=1S/C24H32N2O9S/c1-5-32-24(31)33-12-18-19(28)20(29)21(30)23(34-18)35-22-17(13(3)26(25-22)14(4)27)11-15-7-9-16(10-8-15)36-6-2/h7-10,18-21,23,28-30H,5-6,11-12H2,1-4H3/t18-,19-,20+,21-,23+/m1/s1. The predicted molar refractivity (Wildman–Crippen MR) is 129 cm³/mol. The van der Waals surface area contributed by atoms with Gasteiger partial charge in [0.05, 0.1) is 12.3 Å². The van der Waals surface area contributed by atoms with Crippen molar-refractivity contribution >= 4 is 23.8 Å².